The Bertz CT molecular complexity index is 890. The highest BCUT2D eigenvalue weighted by Crippen LogP contribution is 2.44. The number of hydrogen-bond acceptors (Lipinski definition) is 4. The maximum absolute atomic E-state index is 13.4. The Morgan fingerprint density at radius 1 is 1.07 bits per heavy atom. The lowest BCUT2D eigenvalue weighted by molar-refractivity contribution is -0.121. The third-order valence-electron chi connectivity index (χ3n) is 5.31. The molecule has 29 heavy (non-hydrogen) atoms. The minimum atomic E-state index is -0.666. The van der Waals surface area contributed by atoms with Crippen molar-refractivity contribution in [3.63, 3.8) is 0 Å². The minimum Gasteiger partial charge on any atom is -0.493 e. The van der Waals surface area contributed by atoms with Gasteiger partial charge in [0.25, 0.3) is 0 Å². The summed E-state index contributed by atoms with van der Waals surface area (Å²) in [4.78, 5) is 25.7. The molecule has 0 aromatic heterocycles. The summed E-state index contributed by atoms with van der Waals surface area (Å²) in [7, 11) is 0. The lowest BCUT2D eigenvalue weighted by Crippen LogP contribution is -2.38. The number of amides is 1. The molecule has 0 unspecified atom stereocenters. The van der Waals surface area contributed by atoms with Crippen LogP contribution in [0.1, 0.15) is 55.5 Å². The van der Waals surface area contributed by atoms with Gasteiger partial charge in [-0.25, -0.2) is 4.79 Å². The number of nitrogens with one attached hydrogen (secondary N) is 1. The van der Waals surface area contributed by atoms with Crippen LogP contribution in [-0.4, -0.2) is 25.1 Å². The van der Waals surface area contributed by atoms with Gasteiger partial charge in [-0.3, -0.25) is 4.79 Å². The molecule has 6 heteroatoms. The quantitative estimate of drug-likeness (QED) is 0.618. The lowest BCUT2D eigenvalue weighted by Gasteiger charge is -2.29. The first-order valence-corrected chi connectivity index (χ1v) is 10.4. The summed E-state index contributed by atoms with van der Waals surface area (Å²) in [5, 5.41) is 3.60. The summed E-state index contributed by atoms with van der Waals surface area (Å²) in [5.74, 6) is -0.151. The van der Waals surface area contributed by atoms with Crippen LogP contribution in [0.4, 0.5) is 5.69 Å². The number of hydrogen-bond donors (Lipinski definition) is 1. The highest BCUT2D eigenvalue weighted by molar-refractivity contribution is 6.32. The minimum absolute atomic E-state index is 0.109. The summed E-state index contributed by atoms with van der Waals surface area (Å²) in [6.07, 6.45) is 3.42. The van der Waals surface area contributed by atoms with Crippen molar-refractivity contribution in [3.8, 4) is 5.75 Å². The summed E-state index contributed by atoms with van der Waals surface area (Å²) in [6, 6.07) is 12.5. The van der Waals surface area contributed by atoms with Crippen LogP contribution in [0.3, 0.4) is 0 Å². The van der Waals surface area contributed by atoms with Crippen LogP contribution in [-0.2, 0) is 14.9 Å². The van der Waals surface area contributed by atoms with Gasteiger partial charge >= 0.3 is 5.97 Å². The van der Waals surface area contributed by atoms with Gasteiger partial charge in [0.1, 0.15) is 11.3 Å². The van der Waals surface area contributed by atoms with Crippen LogP contribution in [0.5, 0.6) is 5.75 Å². The molecule has 0 aliphatic heterocycles. The molecule has 1 fully saturated rings. The number of benzene rings is 2. The third-order valence-corrected chi connectivity index (χ3v) is 5.64. The molecule has 0 atom stereocenters. The van der Waals surface area contributed by atoms with Crippen molar-refractivity contribution in [2.24, 2.45) is 0 Å². The van der Waals surface area contributed by atoms with Crippen LogP contribution in [0, 0.1) is 0 Å². The lowest BCUT2D eigenvalue weighted by atomic mass is 9.78. The number of esters is 1. The van der Waals surface area contributed by atoms with E-state index in [1.165, 1.54) is 0 Å². The Morgan fingerprint density at radius 3 is 2.45 bits per heavy atom. The van der Waals surface area contributed by atoms with Crippen molar-refractivity contribution in [1.82, 2.24) is 0 Å². The normalized spacial score (nSPS) is 15.0. The smallest absolute Gasteiger partial charge is 0.341 e. The average molecular weight is 416 g/mol. The van der Waals surface area contributed by atoms with E-state index in [0.29, 0.717) is 28.6 Å². The first kappa shape index (κ1) is 21.2. The summed E-state index contributed by atoms with van der Waals surface area (Å²) in [5.41, 5.74) is 1.01. The van der Waals surface area contributed by atoms with Crippen molar-refractivity contribution in [2.75, 3.05) is 18.5 Å². The van der Waals surface area contributed by atoms with E-state index in [9.17, 15) is 9.59 Å². The van der Waals surface area contributed by atoms with E-state index in [4.69, 9.17) is 21.1 Å². The van der Waals surface area contributed by atoms with E-state index in [1.807, 2.05) is 31.2 Å². The van der Waals surface area contributed by atoms with E-state index in [2.05, 4.69) is 5.32 Å². The summed E-state index contributed by atoms with van der Waals surface area (Å²) < 4.78 is 10.7. The van der Waals surface area contributed by atoms with Gasteiger partial charge in [0.15, 0.2) is 0 Å². The molecular formula is C23H26ClNO4. The Morgan fingerprint density at radius 2 is 1.79 bits per heavy atom. The zero-order valence-electron chi connectivity index (χ0n) is 16.8. The predicted molar refractivity (Wildman–Crippen MR) is 114 cm³/mol. The number of anilines is 1. The van der Waals surface area contributed by atoms with Gasteiger partial charge in [-0.1, -0.05) is 42.6 Å². The SMILES string of the molecule is CCOC(=O)c1cc(NC(=O)C2(c3ccccc3Cl)CCCC2)ccc1OCC. The molecule has 1 saturated carbocycles. The van der Waals surface area contributed by atoms with Crippen molar-refractivity contribution in [3.05, 3.63) is 58.6 Å². The zero-order chi connectivity index (χ0) is 20.9. The van der Waals surface area contributed by atoms with Crippen molar-refractivity contribution in [2.45, 2.75) is 44.9 Å². The Hall–Kier alpha value is -2.53. The molecule has 0 radical (unpaired) electrons. The number of rotatable bonds is 7. The maximum atomic E-state index is 13.4. The molecular weight excluding hydrogens is 390 g/mol. The fraction of sp³-hybridized carbons (Fsp3) is 0.391. The highest BCUT2D eigenvalue weighted by atomic mass is 35.5. The van der Waals surface area contributed by atoms with Crippen molar-refractivity contribution < 1.29 is 19.1 Å². The van der Waals surface area contributed by atoms with Gasteiger partial charge in [0.05, 0.1) is 18.6 Å². The molecule has 3 rings (SSSR count). The Labute approximate surface area is 176 Å². The second-order valence-corrected chi connectivity index (χ2v) is 7.49. The molecule has 2 aromatic carbocycles. The van der Waals surface area contributed by atoms with Crippen molar-refractivity contribution in [1.29, 1.82) is 0 Å². The van der Waals surface area contributed by atoms with E-state index < -0.39 is 11.4 Å². The highest BCUT2D eigenvalue weighted by Gasteiger charge is 2.44. The molecule has 154 valence electrons. The van der Waals surface area contributed by atoms with E-state index in [0.717, 1.165) is 31.2 Å². The van der Waals surface area contributed by atoms with E-state index in [1.54, 1.807) is 25.1 Å². The summed E-state index contributed by atoms with van der Waals surface area (Å²) >= 11 is 6.44. The first-order valence-electron chi connectivity index (χ1n) is 10.0. The van der Waals surface area contributed by atoms with Gasteiger partial charge in [0, 0.05) is 10.7 Å². The standard InChI is InChI=1S/C23H26ClNO4/c1-3-28-20-12-11-16(15-17(20)21(26)29-4-2)25-22(27)23(13-7-8-14-23)18-9-5-6-10-19(18)24/h5-6,9-12,15H,3-4,7-8,13-14H2,1-2H3,(H,25,27). The number of ether oxygens (including phenoxy) is 2. The zero-order valence-corrected chi connectivity index (χ0v) is 17.6. The molecule has 0 saturated heterocycles. The second-order valence-electron chi connectivity index (χ2n) is 7.09. The van der Waals surface area contributed by atoms with Gasteiger partial charge in [-0.05, 0) is 56.5 Å². The molecule has 5 nitrogen and oxygen atoms in total. The first-order chi connectivity index (χ1) is 14.0. The molecule has 1 aliphatic rings. The third kappa shape index (κ3) is 4.40. The average Bonchev–Trinajstić information content (AvgIpc) is 3.21. The topological polar surface area (TPSA) is 64.6 Å². The van der Waals surface area contributed by atoms with Crippen LogP contribution < -0.4 is 10.1 Å². The second kappa shape index (κ2) is 9.31. The molecule has 2 aromatic rings. The molecule has 1 N–H and O–H groups in total. The van der Waals surface area contributed by atoms with E-state index in [-0.39, 0.29) is 12.5 Å². The largest absolute Gasteiger partial charge is 0.493 e. The van der Waals surface area contributed by atoms with Crippen LogP contribution >= 0.6 is 11.6 Å². The Balaban J connectivity index is 1.92. The van der Waals surface area contributed by atoms with Crippen LogP contribution in [0.2, 0.25) is 5.02 Å². The number of carbonyl (C=O) groups is 2. The van der Waals surface area contributed by atoms with Crippen LogP contribution in [0.25, 0.3) is 0 Å². The molecule has 1 amide bonds. The predicted octanol–water partition coefficient (Wildman–Crippen LogP) is 5.37. The fourth-order valence-electron chi connectivity index (χ4n) is 3.95. The fourth-order valence-corrected chi connectivity index (χ4v) is 4.27. The van der Waals surface area contributed by atoms with Gasteiger partial charge < -0.3 is 14.8 Å². The van der Waals surface area contributed by atoms with Gasteiger partial charge in [-0.15, -0.1) is 0 Å². The molecule has 0 spiro atoms. The van der Waals surface area contributed by atoms with Crippen LogP contribution in [0.15, 0.2) is 42.5 Å². The van der Waals surface area contributed by atoms with Crippen molar-refractivity contribution >= 4 is 29.2 Å². The molecule has 1 aliphatic carbocycles. The van der Waals surface area contributed by atoms with Gasteiger partial charge in [0.2, 0.25) is 5.91 Å². The van der Waals surface area contributed by atoms with Gasteiger partial charge in [-0.2, -0.15) is 0 Å². The number of carbonyl (C=O) groups excluding carboxylic acids is 2. The summed E-state index contributed by atoms with van der Waals surface area (Å²) in [6.45, 7) is 4.28. The maximum Gasteiger partial charge on any atom is 0.341 e. The van der Waals surface area contributed by atoms with E-state index >= 15 is 0 Å². The number of halogens is 1. The molecule has 0 bridgehead atoms. The monoisotopic (exact) mass is 415 g/mol. The molecule has 0 heterocycles. The Kier molecular flexibility index (Phi) is 6.80.